The van der Waals surface area contributed by atoms with Crippen LogP contribution in [0, 0.1) is 17.1 Å². The molecule has 0 radical (unpaired) electrons. The van der Waals surface area contributed by atoms with E-state index in [0.29, 0.717) is 12.0 Å². The number of hydrogen-bond acceptors (Lipinski definition) is 1. The van der Waals surface area contributed by atoms with Crippen molar-refractivity contribution in [3.63, 3.8) is 0 Å². The predicted octanol–water partition coefficient (Wildman–Crippen LogP) is 4.04. The Morgan fingerprint density at radius 2 is 1.84 bits per heavy atom. The van der Waals surface area contributed by atoms with Crippen molar-refractivity contribution in [1.29, 1.82) is 5.26 Å². The van der Waals surface area contributed by atoms with Crippen molar-refractivity contribution in [3.8, 4) is 6.07 Å². The molecule has 0 aliphatic carbocycles. The van der Waals surface area contributed by atoms with Crippen molar-refractivity contribution in [2.45, 2.75) is 12.8 Å². The molecule has 2 rings (SSSR count). The average Bonchev–Trinajstić information content (AvgIpc) is 2.42. The van der Waals surface area contributed by atoms with Crippen LogP contribution in [-0.4, -0.2) is 0 Å². The van der Waals surface area contributed by atoms with Gasteiger partial charge in [0.1, 0.15) is 5.82 Å². The molecule has 0 spiro atoms. The van der Waals surface area contributed by atoms with E-state index in [1.54, 1.807) is 6.07 Å². The summed E-state index contributed by atoms with van der Waals surface area (Å²) in [5.41, 5.74) is 3.40. The fourth-order valence-electron chi connectivity index (χ4n) is 2.02. The molecule has 0 heterocycles. The number of nitrogens with zero attached hydrogens (tertiary/aromatic N) is 1. The highest BCUT2D eigenvalue weighted by Gasteiger charge is 2.06. The van der Waals surface area contributed by atoms with Gasteiger partial charge in [-0.3, -0.25) is 0 Å². The summed E-state index contributed by atoms with van der Waals surface area (Å²) in [5, 5.41) is 9.00. The summed E-state index contributed by atoms with van der Waals surface area (Å²) in [6.45, 7) is 4.04. The number of rotatable bonds is 4. The monoisotopic (exact) mass is 251 g/mol. The molecule has 94 valence electrons. The van der Waals surface area contributed by atoms with Crippen molar-refractivity contribution < 1.29 is 4.39 Å². The largest absolute Gasteiger partial charge is 0.207 e. The molecule has 0 amide bonds. The Kier molecular flexibility index (Phi) is 4.10. The first kappa shape index (κ1) is 13.0. The van der Waals surface area contributed by atoms with E-state index in [1.807, 2.05) is 36.4 Å². The quantitative estimate of drug-likeness (QED) is 0.752. The standard InChI is InChI=1S/C17H14FN/c1-13(9-14-5-3-2-4-6-14)10-15-7-8-17(18)11-16(15)12-19/h2-8,11H,1,9-10H2. The Morgan fingerprint density at radius 3 is 2.53 bits per heavy atom. The maximum Gasteiger partial charge on any atom is 0.124 e. The van der Waals surface area contributed by atoms with E-state index in [1.165, 1.54) is 17.7 Å². The lowest BCUT2D eigenvalue weighted by Gasteiger charge is -2.08. The Morgan fingerprint density at radius 1 is 1.11 bits per heavy atom. The lowest BCUT2D eigenvalue weighted by atomic mass is 9.97. The van der Waals surface area contributed by atoms with Crippen molar-refractivity contribution in [2.24, 2.45) is 0 Å². The van der Waals surface area contributed by atoms with Crippen LogP contribution in [0.2, 0.25) is 0 Å². The van der Waals surface area contributed by atoms with Gasteiger partial charge < -0.3 is 0 Å². The van der Waals surface area contributed by atoms with Gasteiger partial charge in [-0.15, -0.1) is 0 Å². The SMILES string of the molecule is C=C(Cc1ccccc1)Cc1ccc(F)cc1C#N. The Labute approximate surface area is 112 Å². The zero-order chi connectivity index (χ0) is 13.7. The zero-order valence-electron chi connectivity index (χ0n) is 10.6. The summed E-state index contributed by atoms with van der Waals surface area (Å²) in [6.07, 6.45) is 1.36. The van der Waals surface area contributed by atoms with Crippen LogP contribution >= 0.6 is 0 Å². The fourth-order valence-corrected chi connectivity index (χ4v) is 2.02. The molecule has 2 heteroatoms. The van der Waals surface area contributed by atoms with Gasteiger partial charge >= 0.3 is 0 Å². The van der Waals surface area contributed by atoms with Gasteiger partial charge in [0.05, 0.1) is 11.6 Å². The molecule has 0 saturated carbocycles. The summed E-state index contributed by atoms with van der Waals surface area (Å²) in [5.74, 6) is -0.381. The molecular formula is C17H14FN. The summed E-state index contributed by atoms with van der Waals surface area (Å²) in [6, 6.07) is 16.4. The van der Waals surface area contributed by atoms with Crippen molar-refractivity contribution in [3.05, 3.63) is 83.2 Å². The zero-order valence-corrected chi connectivity index (χ0v) is 10.6. The molecule has 0 aliphatic heterocycles. The third-order valence-electron chi connectivity index (χ3n) is 2.93. The summed E-state index contributed by atoms with van der Waals surface area (Å²) in [4.78, 5) is 0. The van der Waals surface area contributed by atoms with E-state index in [4.69, 9.17) is 5.26 Å². The van der Waals surface area contributed by atoms with Crippen LogP contribution in [-0.2, 0) is 12.8 Å². The molecule has 0 atom stereocenters. The fraction of sp³-hybridized carbons (Fsp3) is 0.118. The third kappa shape index (κ3) is 3.53. The van der Waals surface area contributed by atoms with E-state index < -0.39 is 0 Å². The Balaban J connectivity index is 2.10. The highest BCUT2D eigenvalue weighted by Crippen LogP contribution is 2.16. The van der Waals surface area contributed by atoms with E-state index in [0.717, 1.165) is 17.6 Å². The molecule has 0 N–H and O–H groups in total. The van der Waals surface area contributed by atoms with Gasteiger partial charge in [-0.2, -0.15) is 5.26 Å². The molecule has 0 bridgehead atoms. The first-order chi connectivity index (χ1) is 9.19. The number of benzene rings is 2. The van der Waals surface area contributed by atoms with Gasteiger partial charge in [0.15, 0.2) is 0 Å². The number of allylic oxidation sites excluding steroid dienone is 1. The van der Waals surface area contributed by atoms with Gasteiger partial charge in [-0.1, -0.05) is 48.6 Å². The number of halogens is 1. The van der Waals surface area contributed by atoms with Gasteiger partial charge in [-0.05, 0) is 36.1 Å². The topological polar surface area (TPSA) is 23.8 Å². The number of hydrogen-bond donors (Lipinski definition) is 0. The maximum atomic E-state index is 13.0. The van der Waals surface area contributed by atoms with Crippen molar-refractivity contribution in [2.75, 3.05) is 0 Å². The third-order valence-corrected chi connectivity index (χ3v) is 2.93. The first-order valence-corrected chi connectivity index (χ1v) is 6.08. The number of nitriles is 1. The summed E-state index contributed by atoms with van der Waals surface area (Å²) in [7, 11) is 0. The predicted molar refractivity (Wildman–Crippen MR) is 74.1 cm³/mol. The molecule has 0 fully saturated rings. The van der Waals surface area contributed by atoms with E-state index in [9.17, 15) is 4.39 Å². The van der Waals surface area contributed by atoms with Crippen LogP contribution in [0.1, 0.15) is 16.7 Å². The van der Waals surface area contributed by atoms with Crippen LogP contribution in [0.25, 0.3) is 0 Å². The first-order valence-electron chi connectivity index (χ1n) is 6.08. The molecule has 2 aromatic rings. The highest BCUT2D eigenvalue weighted by atomic mass is 19.1. The van der Waals surface area contributed by atoms with E-state index in [-0.39, 0.29) is 5.82 Å². The Hall–Kier alpha value is -2.40. The normalized spacial score (nSPS) is 9.89. The average molecular weight is 251 g/mol. The molecule has 0 unspecified atom stereocenters. The second-order valence-electron chi connectivity index (χ2n) is 4.50. The summed E-state index contributed by atoms with van der Waals surface area (Å²) < 4.78 is 13.0. The van der Waals surface area contributed by atoms with Gasteiger partial charge in [0, 0.05) is 0 Å². The lowest BCUT2D eigenvalue weighted by molar-refractivity contribution is 0.626. The van der Waals surface area contributed by atoms with Gasteiger partial charge in [0.2, 0.25) is 0 Å². The van der Waals surface area contributed by atoms with Gasteiger partial charge in [-0.25, -0.2) is 4.39 Å². The minimum atomic E-state index is -0.381. The smallest absolute Gasteiger partial charge is 0.124 e. The molecule has 0 aliphatic rings. The van der Waals surface area contributed by atoms with Crippen LogP contribution < -0.4 is 0 Å². The minimum Gasteiger partial charge on any atom is -0.207 e. The molecule has 0 saturated heterocycles. The second kappa shape index (κ2) is 5.97. The van der Waals surface area contributed by atoms with Crippen LogP contribution in [0.4, 0.5) is 4.39 Å². The highest BCUT2D eigenvalue weighted by molar-refractivity contribution is 5.40. The van der Waals surface area contributed by atoms with Crippen LogP contribution in [0.3, 0.4) is 0 Å². The molecule has 1 nitrogen and oxygen atoms in total. The Bertz CT molecular complexity index is 623. The minimum absolute atomic E-state index is 0.381. The second-order valence-corrected chi connectivity index (χ2v) is 4.50. The maximum absolute atomic E-state index is 13.0. The van der Waals surface area contributed by atoms with E-state index in [2.05, 4.69) is 6.58 Å². The molecule has 0 aromatic heterocycles. The van der Waals surface area contributed by atoms with E-state index >= 15 is 0 Å². The van der Waals surface area contributed by atoms with Crippen LogP contribution in [0.15, 0.2) is 60.7 Å². The summed E-state index contributed by atoms with van der Waals surface area (Å²) >= 11 is 0. The van der Waals surface area contributed by atoms with Crippen molar-refractivity contribution in [1.82, 2.24) is 0 Å². The lowest BCUT2D eigenvalue weighted by Crippen LogP contribution is -1.97. The molecular weight excluding hydrogens is 237 g/mol. The van der Waals surface area contributed by atoms with Gasteiger partial charge in [0.25, 0.3) is 0 Å². The molecule has 2 aromatic carbocycles. The van der Waals surface area contributed by atoms with Crippen molar-refractivity contribution >= 4 is 0 Å². The molecule has 19 heavy (non-hydrogen) atoms. The van der Waals surface area contributed by atoms with Crippen LogP contribution in [0.5, 0.6) is 0 Å².